The smallest absolute Gasteiger partial charge is 0.252 e. The number of azide groups is 1. The van der Waals surface area contributed by atoms with E-state index in [1.807, 2.05) is 0 Å². The van der Waals surface area contributed by atoms with Gasteiger partial charge in [0.1, 0.15) is 5.82 Å². The molecule has 0 unspecified atom stereocenters. The van der Waals surface area contributed by atoms with E-state index >= 15 is 0 Å². The summed E-state index contributed by atoms with van der Waals surface area (Å²) in [6.45, 7) is 4.17. The fourth-order valence-electron chi connectivity index (χ4n) is 1.69. The topological polar surface area (TPSA) is 82.9 Å². The Kier molecular flexibility index (Phi) is 7.58. The fourth-order valence-corrected chi connectivity index (χ4v) is 3.08. The van der Waals surface area contributed by atoms with Gasteiger partial charge in [-0.05, 0) is 51.0 Å². The molecule has 0 saturated heterocycles. The van der Waals surface area contributed by atoms with Gasteiger partial charge in [0.2, 0.25) is 0 Å². The minimum absolute atomic E-state index is 0.0601. The molecule has 0 radical (unpaired) electrons. The van der Waals surface area contributed by atoms with Crippen LogP contribution in [0.5, 0.6) is 0 Å². The highest BCUT2D eigenvalue weighted by atomic mass is 79.9. The standard InChI is InChI=1S/C14H15BrFN3O2S/c1-8(2)4-3-5-13(20)22-12-6-9(14(21)18-19-17)11(16)7-10(12)15/h6-8H,3-5H2,1-2H3. The summed E-state index contributed by atoms with van der Waals surface area (Å²) in [5.74, 6) is -1.29. The van der Waals surface area contributed by atoms with Crippen molar-refractivity contribution in [2.24, 2.45) is 11.0 Å². The van der Waals surface area contributed by atoms with E-state index in [1.54, 1.807) is 0 Å². The number of rotatable bonds is 6. The maximum absolute atomic E-state index is 13.7. The highest BCUT2D eigenvalue weighted by Gasteiger charge is 2.16. The van der Waals surface area contributed by atoms with Crippen LogP contribution in [0.15, 0.2) is 26.6 Å². The van der Waals surface area contributed by atoms with Gasteiger partial charge < -0.3 is 0 Å². The van der Waals surface area contributed by atoms with Gasteiger partial charge in [0.05, 0.1) is 5.56 Å². The van der Waals surface area contributed by atoms with Crippen molar-refractivity contribution < 1.29 is 14.0 Å². The molecular formula is C14H15BrFN3O2S. The van der Waals surface area contributed by atoms with Crippen LogP contribution in [-0.4, -0.2) is 11.0 Å². The molecule has 0 aliphatic heterocycles. The third-order valence-electron chi connectivity index (χ3n) is 2.77. The average molecular weight is 388 g/mol. The highest BCUT2D eigenvalue weighted by molar-refractivity contribution is 9.10. The van der Waals surface area contributed by atoms with Crippen molar-refractivity contribution in [1.82, 2.24) is 0 Å². The summed E-state index contributed by atoms with van der Waals surface area (Å²) in [5.41, 5.74) is 7.90. The predicted octanol–water partition coefficient (Wildman–Crippen LogP) is 5.48. The average Bonchev–Trinajstić information content (AvgIpc) is 2.41. The van der Waals surface area contributed by atoms with E-state index in [2.05, 4.69) is 39.8 Å². The van der Waals surface area contributed by atoms with Crippen LogP contribution in [0.2, 0.25) is 0 Å². The molecule has 0 N–H and O–H groups in total. The highest BCUT2D eigenvalue weighted by Crippen LogP contribution is 2.32. The lowest BCUT2D eigenvalue weighted by Crippen LogP contribution is -2.00. The molecule has 8 heteroatoms. The van der Waals surface area contributed by atoms with E-state index in [9.17, 15) is 14.0 Å². The number of carbonyl (C=O) groups is 2. The molecule has 1 aromatic rings. The number of benzene rings is 1. The lowest BCUT2D eigenvalue weighted by molar-refractivity contribution is -0.111. The number of carbonyl (C=O) groups excluding carboxylic acids is 2. The molecule has 0 aromatic heterocycles. The molecule has 0 atom stereocenters. The molecule has 118 valence electrons. The molecule has 0 spiro atoms. The summed E-state index contributed by atoms with van der Waals surface area (Å²) in [7, 11) is 0. The van der Waals surface area contributed by atoms with Crippen LogP contribution in [0.1, 0.15) is 43.5 Å². The monoisotopic (exact) mass is 387 g/mol. The van der Waals surface area contributed by atoms with Gasteiger partial charge in [0.25, 0.3) is 5.91 Å². The second-order valence-corrected chi connectivity index (χ2v) is 6.97. The van der Waals surface area contributed by atoms with Gasteiger partial charge >= 0.3 is 0 Å². The van der Waals surface area contributed by atoms with Crippen molar-refractivity contribution in [2.75, 3.05) is 0 Å². The van der Waals surface area contributed by atoms with Crippen molar-refractivity contribution in [1.29, 1.82) is 0 Å². The number of thioether (sulfide) groups is 1. The molecule has 1 amide bonds. The number of hydrogen-bond donors (Lipinski definition) is 0. The number of hydrogen-bond acceptors (Lipinski definition) is 3. The first-order chi connectivity index (χ1) is 10.3. The van der Waals surface area contributed by atoms with Gasteiger partial charge in [-0.3, -0.25) is 9.59 Å². The lowest BCUT2D eigenvalue weighted by atomic mass is 10.1. The van der Waals surface area contributed by atoms with Gasteiger partial charge in [0.15, 0.2) is 5.12 Å². The summed E-state index contributed by atoms with van der Waals surface area (Å²) < 4.78 is 14.1. The first kappa shape index (κ1) is 18.7. The van der Waals surface area contributed by atoms with Crippen LogP contribution >= 0.6 is 27.7 Å². The molecule has 1 rings (SSSR count). The maximum atomic E-state index is 13.7. The largest absolute Gasteiger partial charge is 0.287 e. The van der Waals surface area contributed by atoms with E-state index in [1.165, 1.54) is 6.07 Å². The van der Waals surface area contributed by atoms with E-state index in [0.717, 1.165) is 30.7 Å². The van der Waals surface area contributed by atoms with Crippen LogP contribution < -0.4 is 0 Å². The van der Waals surface area contributed by atoms with Crippen LogP contribution in [-0.2, 0) is 4.79 Å². The molecule has 0 aliphatic carbocycles. The second kappa shape index (κ2) is 8.92. The Labute approximate surface area is 140 Å². The summed E-state index contributed by atoms with van der Waals surface area (Å²) in [6, 6.07) is 2.31. The van der Waals surface area contributed by atoms with Gasteiger partial charge in [-0.25, -0.2) is 4.39 Å². The van der Waals surface area contributed by atoms with Crippen molar-refractivity contribution in [3.8, 4) is 0 Å². The molecule has 1 aromatic carbocycles. The SMILES string of the molecule is CC(C)CCCC(=O)Sc1cc(C(=O)N=[N+]=[N-])c(F)cc1Br. The molecule has 0 bridgehead atoms. The zero-order valence-corrected chi connectivity index (χ0v) is 14.6. The third kappa shape index (κ3) is 5.79. The minimum Gasteiger partial charge on any atom is -0.287 e. The van der Waals surface area contributed by atoms with E-state index in [4.69, 9.17) is 5.53 Å². The van der Waals surface area contributed by atoms with Crippen LogP contribution in [0, 0.1) is 11.7 Å². The molecule has 0 aliphatic rings. The van der Waals surface area contributed by atoms with E-state index in [-0.39, 0.29) is 10.7 Å². The Hall–Kier alpha value is -1.37. The molecule has 0 saturated carbocycles. The van der Waals surface area contributed by atoms with Crippen molar-refractivity contribution >= 4 is 38.7 Å². The Bertz CT molecular complexity index is 631. The minimum atomic E-state index is -1.01. The molecule has 5 nitrogen and oxygen atoms in total. The van der Waals surface area contributed by atoms with Crippen LogP contribution in [0.3, 0.4) is 0 Å². The van der Waals surface area contributed by atoms with E-state index < -0.39 is 11.7 Å². The summed E-state index contributed by atoms with van der Waals surface area (Å²) in [6.07, 6.45) is 2.15. The first-order valence-electron chi connectivity index (χ1n) is 6.64. The van der Waals surface area contributed by atoms with Gasteiger partial charge in [-0.2, -0.15) is 0 Å². The Morgan fingerprint density at radius 3 is 2.73 bits per heavy atom. The number of amides is 1. The molecule has 0 heterocycles. The maximum Gasteiger partial charge on any atom is 0.252 e. The van der Waals surface area contributed by atoms with Crippen LogP contribution in [0.4, 0.5) is 4.39 Å². The molecular weight excluding hydrogens is 373 g/mol. The third-order valence-corrected chi connectivity index (χ3v) is 4.68. The summed E-state index contributed by atoms with van der Waals surface area (Å²) in [4.78, 5) is 26.2. The molecule has 22 heavy (non-hydrogen) atoms. The first-order valence-corrected chi connectivity index (χ1v) is 8.25. The summed E-state index contributed by atoms with van der Waals surface area (Å²) in [5, 5.41) is 2.81. The van der Waals surface area contributed by atoms with Crippen molar-refractivity contribution in [2.45, 2.75) is 38.0 Å². The quantitative estimate of drug-likeness (QED) is 0.280. The summed E-state index contributed by atoms with van der Waals surface area (Å²) >= 11 is 4.10. The van der Waals surface area contributed by atoms with Gasteiger partial charge in [-0.1, -0.05) is 32.0 Å². The lowest BCUT2D eigenvalue weighted by Gasteiger charge is -2.07. The predicted molar refractivity (Wildman–Crippen MR) is 87.1 cm³/mol. The second-order valence-electron chi connectivity index (χ2n) is 5.02. The van der Waals surface area contributed by atoms with Gasteiger partial charge in [0, 0.05) is 20.7 Å². The number of halogens is 2. The zero-order chi connectivity index (χ0) is 16.7. The molecule has 0 fully saturated rings. The Morgan fingerprint density at radius 2 is 2.14 bits per heavy atom. The zero-order valence-electron chi connectivity index (χ0n) is 12.2. The van der Waals surface area contributed by atoms with E-state index in [0.29, 0.717) is 21.7 Å². The Balaban J connectivity index is 2.86. The number of nitrogens with zero attached hydrogens (tertiary/aromatic N) is 3. The van der Waals surface area contributed by atoms with Crippen molar-refractivity contribution in [3.05, 3.63) is 38.4 Å². The van der Waals surface area contributed by atoms with Crippen molar-refractivity contribution in [3.63, 3.8) is 0 Å². The van der Waals surface area contributed by atoms with Gasteiger partial charge in [-0.15, -0.1) is 0 Å². The van der Waals surface area contributed by atoms with Crippen LogP contribution in [0.25, 0.3) is 10.4 Å². The normalized spacial score (nSPS) is 10.4. The fraction of sp³-hybridized carbons (Fsp3) is 0.429. The Morgan fingerprint density at radius 1 is 1.45 bits per heavy atom.